The number of aromatic nitrogens is 1. The van der Waals surface area contributed by atoms with E-state index in [0.29, 0.717) is 30.0 Å². The lowest BCUT2D eigenvalue weighted by Crippen LogP contribution is -2.44. The fraction of sp³-hybridized carbons (Fsp3) is 0.350. The average molecular weight is 418 g/mol. The van der Waals surface area contributed by atoms with Crippen LogP contribution in [0, 0.1) is 0 Å². The van der Waals surface area contributed by atoms with E-state index in [9.17, 15) is 13.2 Å². The summed E-state index contributed by atoms with van der Waals surface area (Å²) in [6.45, 7) is 2.66. The molecule has 0 amide bonds. The number of fused-ring (bicyclic) bond motifs is 2. The predicted molar refractivity (Wildman–Crippen MR) is 107 cm³/mol. The van der Waals surface area contributed by atoms with Crippen LogP contribution >= 0.6 is 0 Å². The number of sulfonamides is 1. The second kappa shape index (κ2) is 7.57. The van der Waals surface area contributed by atoms with Gasteiger partial charge in [0.1, 0.15) is 12.7 Å². The van der Waals surface area contributed by atoms with E-state index in [2.05, 4.69) is 0 Å². The van der Waals surface area contributed by atoms with Gasteiger partial charge in [-0.05, 0) is 30.7 Å². The van der Waals surface area contributed by atoms with Crippen molar-refractivity contribution in [2.75, 3.05) is 19.7 Å². The molecule has 2 aromatic carbocycles. The Morgan fingerprint density at radius 3 is 2.69 bits per heavy atom. The van der Waals surface area contributed by atoms with Crippen LogP contribution < -0.4 is 15.2 Å². The number of oxazole rings is 1. The van der Waals surface area contributed by atoms with Gasteiger partial charge in [0, 0.05) is 19.7 Å². The summed E-state index contributed by atoms with van der Waals surface area (Å²) in [7, 11) is -2.24. The normalized spacial score (nSPS) is 16.4. The van der Waals surface area contributed by atoms with Gasteiger partial charge in [-0.25, -0.2) is 13.2 Å². The van der Waals surface area contributed by atoms with Crippen LogP contribution in [-0.4, -0.2) is 43.1 Å². The van der Waals surface area contributed by atoms with Gasteiger partial charge in [-0.15, -0.1) is 0 Å². The van der Waals surface area contributed by atoms with Gasteiger partial charge < -0.3 is 13.9 Å². The van der Waals surface area contributed by atoms with Crippen molar-refractivity contribution in [3.8, 4) is 11.5 Å². The second-order valence-electron chi connectivity index (χ2n) is 6.92. The largest absolute Gasteiger partial charge is 0.486 e. The molecule has 0 aliphatic carbocycles. The van der Waals surface area contributed by atoms with Gasteiger partial charge in [0.15, 0.2) is 17.1 Å². The predicted octanol–water partition coefficient (Wildman–Crippen LogP) is 2.37. The van der Waals surface area contributed by atoms with Crippen LogP contribution in [0.1, 0.15) is 13.3 Å². The summed E-state index contributed by atoms with van der Waals surface area (Å²) in [5.41, 5.74) is 0.776. The van der Waals surface area contributed by atoms with E-state index >= 15 is 0 Å². The van der Waals surface area contributed by atoms with Crippen LogP contribution in [-0.2, 0) is 17.1 Å². The van der Waals surface area contributed by atoms with Crippen LogP contribution in [0.5, 0.6) is 11.5 Å². The molecule has 3 aromatic rings. The number of nitrogens with zero attached hydrogens (tertiary/aromatic N) is 2. The summed E-state index contributed by atoms with van der Waals surface area (Å²) >= 11 is 0. The molecular formula is C20H22N2O6S. The topological polar surface area (TPSA) is 91.0 Å². The molecule has 1 aliphatic rings. The fourth-order valence-corrected chi connectivity index (χ4v) is 4.94. The van der Waals surface area contributed by atoms with Crippen molar-refractivity contribution < 1.29 is 22.3 Å². The summed E-state index contributed by atoms with van der Waals surface area (Å²) in [6.07, 6.45) is 0.219. The molecule has 9 heteroatoms. The molecule has 4 rings (SSSR count). The Kier molecular flexibility index (Phi) is 5.10. The number of ether oxygens (including phenoxy) is 2. The smallest absolute Gasteiger partial charge is 0.419 e. The second-order valence-corrected chi connectivity index (χ2v) is 8.86. The first-order valence-corrected chi connectivity index (χ1v) is 10.8. The Morgan fingerprint density at radius 1 is 1.17 bits per heavy atom. The van der Waals surface area contributed by atoms with Crippen molar-refractivity contribution in [2.45, 2.75) is 24.3 Å². The van der Waals surface area contributed by atoms with E-state index < -0.39 is 21.9 Å². The summed E-state index contributed by atoms with van der Waals surface area (Å²) in [5.74, 6) is 0.717. The molecule has 154 valence electrons. The minimum Gasteiger partial charge on any atom is -0.486 e. The van der Waals surface area contributed by atoms with Crippen molar-refractivity contribution in [1.29, 1.82) is 0 Å². The monoisotopic (exact) mass is 418 g/mol. The summed E-state index contributed by atoms with van der Waals surface area (Å²) in [4.78, 5) is 11.8. The minimum atomic E-state index is -3.81. The number of aryl methyl sites for hydroxylation is 1. The molecule has 0 bridgehead atoms. The summed E-state index contributed by atoms with van der Waals surface area (Å²) in [5, 5.41) is 0. The highest BCUT2D eigenvalue weighted by molar-refractivity contribution is 7.89. The molecule has 0 saturated carbocycles. The lowest BCUT2D eigenvalue weighted by atomic mass is 10.2. The van der Waals surface area contributed by atoms with Crippen LogP contribution in [0.4, 0.5) is 0 Å². The molecule has 2 heterocycles. The molecular weight excluding hydrogens is 396 g/mol. The van der Waals surface area contributed by atoms with Gasteiger partial charge in [0.2, 0.25) is 10.0 Å². The highest BCUT2D eigenvalue weighted by atomic mass is 32.2. The molecule has 1 aliphatic heterocycles. The van der Waals surface area contributed by atoms with Crippen molar-refractivity contribution >= 4 is 21.1 Å². The van der Waals surface area contributed by atoms with Crippen molar-refractivity contribution in [3.05, 3.63) is 53.0 Å². The van der Waals surface area contributed by atoms with Crippen molar-refractivity contribution in [2.24, 2.45) is 7.05 Å². The maximum Gasteiger partial charge on any atom is 0.419 e. The zero-order valence-electron chi connectivity index (χ0n) is 16.2. The molecule has 0 unspecified atom stereocenters. The van der Waals surface area contributed by atoms with Gasteiger partial charge in [-0.2, -0.15) is 4.31 Å². The highest BCUT2D eigenvalue weighted by Crippen LogP contribution is 2.31. The molecule has 29 heavy (non-hydrogen) atoms. The van der Waals surface area contributed by atoms with Gasteiger partial charge in [0.05, 0.1) is 17.0 Å². The van der Waals surface area contributed by atoms with Gasteiger partial charge in [0.25, 0.3) is 0 Å². The van der Waals surface area contributed by atoms with E-state index in [1.54, 1.807) is 19.2 Å². The molecule has 8 nitrogen and oxygen atoms in total. The Labute approximate surface area is 168 Å². The molecule has 0 fully saturated rings. The van der Waals surface area contributed by atoms with Crippen LogP contribution in [0.3, 0.4) is 0 Å². The van der Waals surface area contributed by atoms with E-state index in [1.165, 1.54) is 21.0 Å². The van der Waals surface area contributed by atoms with Crippen LogP contribution in [0.15, 0.2) is 56.6 Å². The first-order chi connectivity index (χ1) is 13.9. The van der Waals surface area contributed by atoms with Gasteiger partial charge >= 0.3 is 5.76 Å². The fourth-order valence-electron chi connectivity index (χ4n) is 3.36. The maximum atomic E-state index is 13.3. The Balaban J connectivity index is 1.61. The van der Waals surface area contributed by atoms with Crippen molar-refractivity contribution in [1.82, 2.24) is 8.87 Å². The third-order valence-corrected chi connectivity index (χ3v) is 6.71. The third kappa shape index (κ3) is 3.63. The lowest BCUT2D eigenvalue weighted by Gasteiger charge is -2.30. The standard InChI is InChI=1S/C20H22N2O6S/c1-3-10-22(12-14-13-26-17-6-4-5-7-18(17)27-14)29(24,25)15-8-9-16-19(11-15)28-20(23)21(16)2/h4-9,11,14H,3,10,12-13H2,1-2H3/t14-/m1/s1. The number of para-hydroxylation sites is 2. The van der Waals surface area contributed by atoms with E-state index in [1.807, 2.05) is 25.1 Å². The van der Waals surface area contributed by atoms with Gasteiger partial charge in [-0.3, -0.25) is 4.57 Å². The average Bonchev–Trinajstić information content (AvgIpc) is 3.01. The minimum absolute atomic E-state index is 0.0740. The van der Waals surface area contributed by atoms with E-state index in [0.717, 1.165) is 0 Å². The van der Waals surface area contributed by atoms with Crippen molar-refractivity contribution in [3.63, 3.8) is 0 Å². The molecule has 0 saturated heterocycles. The lowest BCUT2D eigenvalue weighted by molar-refractivity contribution is 0.0764. The van der Waals surface area contributed by atoms with E-state index in [4.69, 9.17) is 13.9 Å². The quantitative estimate of drug-likeness (QED) is 0.610. The Morgan fingerprint density at radius 2 is 1.93 bits per heavy atom. The third-order valence-electron chi connectivity index (χ3n) is 4.85. The zero-order valence-corrected chi connectivity index (χ0v) is 17.0. The summed E-state index contributed by atoms with van der Waals surface area (Å²) < 4.78 is 46.1. The van der Waals surface area contributed by atoms with Crippen LogP contribution in [0.25, 0.3) is 11.1 Å². The SMILES string of the molecule is CCCN(C[C@@H]1COc2ccccc2O1)S(=O)(=O)c1ccc2c(c1)oc(=O)n2C. The molecule has 0 radical (unpaired) electrons. The maximum absolute atomic E-state index is 13.3. The number of hydrogen-bond acceptors (Lipinski definition) is 6. The van der Waals surface area contributed by atoms with Crippen LogP contribution in [0.2, 0.25) is 0 Å². The number of rotatable bonds is 6. The molecule has 0 spiro atoms. The zero-order chi connectivity index (χ0) is 20.6. The Bertz CT molecular complexity index is 1200. The number of hydrogen-bond donors (Lipinski definition) is 0. The first-order valence-electron chi connectivity index (χ1n) is 9.38. The molecule has 0 N–H and O–H groups in total. The first kappa shape index (κ1) is 19.5. The Hall–Kier alpha value is -2.78. The molecule has 1 aromatic heterocycles. The van der Waals surface area contributed by atoms with E-state index in [-0.39, 0.29) is 23.6 Å². The highest BCUT2D eigenvalue weighted by Gasteiger charge is 2.30. The van der Waals surface area contributed by atoms with Gasteiger partial charge in [-0.1, -0.05) is 19.1 Å². The number of benzene rings is 2. The molecule has 1 atom stereocenters. The summed E-state index contributed by atoms with van der Waals surface area (Å²) in [6, 6.07) is 11.8.